The van der Waals surface area contributed by atoms with E-state index < -0.39 is 5.92 Å². The quantitative estimate of drug-likeness (QED) is 0.491. The van der Waals surface area contributed by atoms with E-state index in [1.807, 2.05) is 12.1 Å². The molecule has 2 fully saturated rings. The number of alkyl halides is 2. The monoisotopic (exact) mass is 484 g/mol. The van der Waals surface area contributed by atoms with Crippen molar-refractivity contribution < 1.29 is 13.6 Å². The van der Waals surface area contributed by atoms with Gasteiger partial charge in [0.1, 0.15) is 5.52 Å². The molecule has 0 unspecified atom stereocenters. The van der Waals surface area contributed by atoms with Gasteiger partial charge in [-0.1, -0.05) is 12.1 Å². The van der Waals surface area contributed by atoms with Crippen LogP contribution in [-0.4, -0.2) is 74.8 Å². The number of nitrogens with one attached hydrogen (secondary N) is 3. The summed E-state index contributed by atoms with van der Waals surface area (Å²) in [6.45, 7) is 2.72. The molecule has 0 aliphatic carbocycles. The number of aromatic nitrogens is 4. The first-order valence-corrected chi connectivity index (χ1v) is 12.0. The molecule has 2 aromatic heterocycles. The van der Waals surface area contributed by atoms with Gasteiger partial charge in [-0.3, -0.25) is 9.69 Å². The average Bonchev–Trinajstić information content (AvgIpc) is 3.33. The predicted octanol–water partition coefficient (Wildman–Crippen LogP) is 3.61. The summed E-state index contributed by atoms with van der Waals surface area (Å²) in [6, 6.07) is 8.11. The second kappa shape index (κ2) is 9.73. The minimum atomic E-state index is -2.63. The zero-order valence-electron chi connectivity index (χ0n) is 19.7. The third-order valence-electron chi connectivity index (χ3n) is 6.86. The first kappa shape index (κ1) is 23.4. The van der Waals surface area contributed by atoms with Crippen LogP contribution in [0.5, 0.6) is 0 Å². The van der Waals surface area contributed by atoms with Gasteiger partial charge in [0, 0.05) is 51.1 Å². The molecule has 0 spiro atoms. The van der Waals surface area contributed by atoms with Crippen LogP contribution in [0.4, 0.5) is 26.2 Å². The lowest BCUT2D eigenvalue weighted by Gasteiger charge is -2.37. The predicted molar refractivity (Wildman–Crippen MR) is 130 cm³/mol. The van der Waals surface area contributed by atoms with E-state index >= 15 is 0 Å². The highest BCUT2D eigenvalue weighted by atomic mass is 19.3. The number of rotatable bonds is 6. The largest absolute Gasteiger partial charge is 0.371 e. The zero-order valence-corrected chi connectivity index (χ0v) is 19.7. The fraction of sp³-hybridized carbons (Fsp3) is 0.500. The summed E-state index contributed by atoms with van der Waals surface area (Å²) >= 11 is 0. The van der Waals surface area contributed by atoms with Crippen LogP contribution in [0.15, 0.2) is 30.6 Å². The molecule has 1 aromatic carbocycles. The summed E-state index contributed by atoms with van der Waals surface area (Å²) in [4.78, 5) is 33.0. The number of aromatic amines is 1. The molecule has 2 saturated heterocycles. The smallest absolute Gasteiger partial charge is 0.251 e. The van der Waals surface area contributed by atoms with Gasteiger partial charge in [0.05, 0.1) is 6.33 Å². The number of nitrogens with zero attached hydrogens (tertiary/aromatic N) is 5. The molecular formula is C24H30F2N8O. The van der Waals surface area contributed by atoms with Crippen molar-refractivity contribution in [2.45, 2.75) is 38.2 Å². The molecule has 3 aromatic rings. The van der Waals surface area contributed by atoms with Crippen molar-refractivity contribution in [3.63, 3.8) is 0 Å². The van der Waals surface area contributed by atoms with Crippen molar-refractivity contribution in [1.29, 1.82) is 0 Å². The van der Waals surface area contributed by atoms with Gasteiger partial charge in [-0.25, -0.2) is 13.8 Å². The molecule has 5 rings (SSSR count). The molecule has 0 saturated carbocycles. The summed E-state index contributed by atoms with van der Waals surface area (Å²) in [6.07, 6.45) is 2.66. The number of likely N-dealkylation sites (tertiary alicyclic amines) is 2. The second-order valence-electron chi connectivity index (χ2n) is 9.30. The molecule has 4 heterocycles. The molecule has 2 aliphatic rings. The average molecular weight is 485 g/mol. The van der Waals surface area contributed by atoms with Crippen molar-refractivity contribution in [3.8, 4) is 0 Å². The van der Waals surface area contributed by atoms with Crippen molar-refractivity contribution >= 4 is 34.5 Å². The van der Waals surface area contributed by atoms with E-state index in [4.69, 9.17) is 0 Å². The van der Waals surface area contributed by atoms with E-state index in [0.29, 0.717) is 17.4 Å². The normalized spacial score (nSPS) is 19.1. The lowest BCUT2D eigenvalue weighted by Crippen LogP contribution is -2.47. The number of hydrogen-bond acceptors (Lipinski definition) is 7. The number of fused-ring (bicyclic) bond motifs is 1. The number of carbonyl (C=O) groups excluding carboxylic acids is 1. The Kier molecular flexibility index (Phi) is 6.50. The summed E-state index contributed by atoms with van der Waals surface area (Å²) in [7, 11) is 1.80. The molecule has 2 aliphatic heterocycles. The number of H-pyrrole nitrogens is 1. The Morgan fingerprint density at radius 1 is 1.17 bits per heavy atom. The number of imidazole rings is 1. The summed E-state index contributed by atoms with van der Waals surface area (Å²) in [5, 5.41) is 6.32. The van der Waals surface area contributed by atoms with Crippen LogP contribution < -0.4 is 10.6 Å². The van der Waals surface area contributed by atoms with Gasteiger partial charge in [0.25, 0.3) is 5.92 Å². The summed E-state index contributed by atoms with van der Waals surface area (Å²) < 4.78 is 26.8. The third kappa shape index (κ3) is 5.34. The van der Waals surface area contributed by atoms with Crippen molar-refractivity contribution in [2.75, 3.05) is 43.9 Å². The topological polar surface area (TPSA) is 102 Å². The fourth-order valence-corrected chi connectivity index (χ4v) is 4.86. The van der Waals surface area contributed by atoms with E-state index in [1.54, 1.807) is 18.3 Å². The van der Waals surface area contributed by atoms with Gasteiger partial charge >= 0.3 is 0 Å². The van der Waals surface area contributed by atoms with Crippen molar-refractivity contribution in [3.05, 3.63) is 36.2 Å². The molecule has 186 valence electrons. The van der Waals surface area contributed by atoms with Crippen LogP contribution in [0.3, 0.4) is 0 Å². The van der Waals surface area contributed by atoms with Crippen LogP contribution >= 0.6 is 0 Å². The van der Waals surface area contributed by atoms with Crippen LogP contribution in [0.1, 0.15) is 31.2 Å². The highest BCUT2D eigenvalue weighted by molar-refractivity contribution is 5.84. The summed E-state index contributed by atoms with van der Waals surface area (Å²) in [5.41, 5.74) is 3.37. The van der Waals surface area contributed by atoms with Crippen molar-refractivity contribution in [1.82, 2.24) is 29.7 Å². The Bertz CT molecular complexity index is 1180. The first-order chi connectivity index (χ1) is 16.9. The summed E-state index contributed by atoms with van der Waals surface area (Å²) in [5.74, 6) is -1.53. The van der Waals surface area contributed by atoms with Gasteiger partial charge in [0.15, 0.2) is 11.5 Å². The van der Waals surface area contributed by atoms with Crippen LogP contribution in [0.25, 0.3) is 11.2 Å². The number of carbonyl (C=O) groups is 1. The molecule has 0 bridgehead atoms. The maximum Gasteiger partial charge on any atom is 0.251 e. The highest BCUT2D eigenvalue weighted by Gasteiger charge is 2.37. The van der Waals surface area contributed by atoms with E-state index in [-0.39, 0.29) is 37.8 Å². The molecule has 35 heavy (non-hydrogen) atoms. The van der Waals surface area contributed by atoms with Gasteiger partial charge in [0.2, 0.25) is 11.9 Å². The minimum absolute atomic E-state index is 0.0427. The SMILES string of the molecule is CNc1nc(Nc2cccc(CN3CCC(C(=O)N4CCC(F)(F)CC4)CC3)c2)nc2nc[nH]c12. The van der Waals surface area contributed by atoms with E-state index in [0.717, 1.165) is 49.2 Å². The number of amides is 1. The molecule has 0 radical (unpaired) electrons. The third-order valence-corrected chi connectivity index (χ3v) is 6.86. The fourth-order valence-electron chi connectivity index (χ4n) is 4.86. The number of halogens is 2. The van der Waals surface area contributed by atoms with Crippen LogP contribution in [-0.2, 0) is 11.3 Å². The molecular weight excluding hydrogens is 454 g/mol. The van der Waals surface area contributed by atoms with Crippen LogP contribution in [0, 0.1) is 5.92 Å². The maximum atomic E-state index is 13.4. The lowest BCUT2D eigenvalue weighted by molar-refractivity contribution is -0.143. The number of hydrogen-bond donors (Lipinski definition) is 3. The van der Waals surface area contributed by atoms with Gasteiger partial charge < -0.3 is 20.5 Å². The van der Waals surface area contributed by atoms with Gasteiger partial charge in [-0.15, -0.1) is 0 Å². The Labute approximate surface area is 202 Å². The maximum absolute atomic E-state index is 13.4. The second-order valence-corrected chi connectivity index (χ2v) is 9.30. The molecule has 11 heteroatoms. The molecule has 3 N–H and O–H groups in total. The molecule has 1 amide bonds. The zero-order chi connectivity index (χ0) is 24.4. The van der Waals surface area contributed by atoms with Gasteiger partial charge in [-0.2, -0.15) is 9.97 Å². The van der Waals surface area contributed by atoms with E-state index in [9.17, 15) is 13.6 Å². The Morgan fingerprint density at radius 2 is 1.94 bits per heavy atom. The number of anilines is 3. The Hall–Kier alpha value is -3.34. The number of piperidine rings is 2. The standard InChI is InChI=1S/C24H30F2N8O/c1-27-20-19-21(29-15-28-19)32-23(31-20)30-18-4-2-3-16(13-18)14-33-9-5-17(6-10-33)22(35)34-11-7-24(25,26)8-12-34/h2-4,13,15,17H,5-12,14H2,1H3,(H3,27,28,29,30,31,32). The molecule has 9 nitrogen and oxygen atoms in total. The number of benzene rings is 1. The lowest BCUT2D eigenvalue weighted by atomic mass is 9.93. The highest BCUT2D eigenvalue weighted by Crippen LogP contribution is 2.30. The van der Waals surface area contributed by atoms with Crippen LogP contribution in [0.2, 0.25) is 0 Å². The van der Waals surface area contributed by atoms with E-state index in [1.165, 1.54) is 0 Å². The Balaban J connectivity index is 1.16. The molecule has 0 atom stereocenters. The first-order valence-electron chi connectivity index (χ1n) is 12.0. The van der Waals surface area contributed by atoms with E-state index in [2.05, 4.69) is 47.6 Å². The van der Waals surface area contributed by atoms with Gasteiger partial charge in [-0.05, 0) is 43.6 Å². The Morgan fingerprint density at radius 3 is 2.69 bits per heavy atom. The minimum Gasteiger partial charge on any atom is -0.371 e. The van der Waals surface area contributed by atoms with Crippen molar-refractivity contribution in [2.24, 2.45) is 5.92 Å².